The SMILES string of the molecule is CCCCCc1cc(OC(=O)OCCOCCOCCOCCOC)c2c(c1)OC(C)(C)[C@@H]1CCC(C)=C[C@@H]21. The van der Waals surface area contributed by atoms with Crippen molar-refractivity contribution in [3.8, 4) is 11.5 Å². The first-order chi connectivity index (χ1) is 18.9. The Kier molecular flexibility index (Phi) is 13.1. The Labute approximate surface area is 234 Å². The molecule has 8 heteroatoms. The van der Waals surface area contributed by atoms with E-state index in [0.29, 0.717) is 51.3 Å². The normalized spacial score (nSPS) is 19.5. The lowest BCUT2D eigenvalue weighted by atomic mass is 9.68. The quantitative estimate of drug-likeness (QED) is 0.0979. The average Bonchev–Trinajstić information content (AvgIpc) is 2.88. The number of methoxy groups -OCH3 is 1. The maximum Gasteiger partial charge on any atom is 0.513 e. The summed E-state index contributed by atoms with van der Waals surface area (Å²) in [5.41, 5.74) is 3.13. The van der Waals surface area contributed by atoms with Crippen molar-refractivity contribution in [1.82, 2.24) is 0 Å². The van der Waals surface area contributed by atoms with Crippen LogP contribution in [-0.4, -0.2) is 71.7 Å². The molecule has 2 atom stereocenters. The number of hydrogen-bond donors (Lipinski definition) is 0. The third-order valence-electron chi connectivity index (χ3n) is 7.40. The fraction of sp³-hybridized carbons (Fsp3) is 0.710. The highest BCUT2D eigenvalue weighted by Crippen LogP contribution is 2.53. The number of hydrogen-bond acceptors (Lipinski definition) is 8. The molecule has 0 radical (unpaired) electrons. The Balaban J connectivity index is 1.55. The number of rotatable bonds is 17. The lowest BCUT2D eigenvalue weighted by molar-refractivity contribution is -0.00481. The molecular formula is C31H48O8. The van der Waals surface area contributed by atoms with Crippen LogP contribution in [0.5, 0.6) is 11.5 Å². The summed E-state index contributed by atoms with van der Waals surface area (Å²) in [6, 6.07) is 4.14. The molecule has 0 unspecified atom stereocenters. The van der Waals surface area contributed by atoms with Gasteiger partial charge in [0.1, 0.15) is 23.7 Å². The van der Waals surface area contributed by atoms with Gasteiger partial charge in [-0.15, -0.1) is 0 Å². The van der Waals surface area contributed by atoms with E-state index in [4.69, 9.17) is 33.2 Å². The van der Waals surface area contributed by atoms with E-state index in [9.17, 15) is 4.79 Å². The number of fused-ring (bicyclic) bond motifs is 3. The molecule has 2 aliphatic rings. The van der Waals surface area contributed by atoms with E-state index in [-0.39, 0.29) is 24.7 Å². The minimum Gasteiger partial charge on any atom is -0.487 e. The van der Waals surface area contributed by atoms with Crippen LogP contribution in [0.1, 0.15) is 76.8 Å². The van der Waals surface area contributed by atoms with Crippen LogP contribution in [0.3, 0.4) is 0 Å². The van der Waals surface area contributed by atoms with Crippen LogP contribution in [0.25, 0.3) is 0 Å². The highest BCUT2D eigenvalue weighted by molar-refractivity contribution is 5.67. The van der Waals surface area contributed by atoms with Crippen LogP contribution < -0.4 is 9.47 Å². The molecule has 1 aromatic rings. The number of aryl methyl sites for hydroxylation is 1. The molecule has 0 amide bonds. The van der Waals surface area contributed by atoms with Gasteiger partial charge in [0.25, 0.3) is 0 Å². The van der Waals surface area contributed by atoms with Crippen LogP contribution in [0.4, 0.5) is 4.79 Å². The first kappa shape index (κ1) is 31.4. The summed E-state index contributed by atoms with van der Waals surface area (Å²) in [4.78, 5) is 12.7. The summed E-state index contributed by atoms with van der Waals surface area (Å²) in [5.74, 6) is 1.81. The molecule has 1 aliphatic heterocycles. The minimum absolute atomic E-state index is 0.103. The molecule has 0 saturated heterocycles. The smallest absolute Gasteiger partial charge is 0.487 e. The lowest BCUT2D eigenvalue weighted by Crippen LogP contribution is -2.45. The van der Waals surface area contributed by atoms with E-state index in [0.717, 1.165) is 55.4 Å². The van der Waals surface area contributed by atoms with E-state index in [1.165, 1.54) is 5.57 Å². The molecule has 1 aliphatic carbocycles. The predicted octanol–water partition coefficient (Wildman–Crippen LogP) is 6.24. The number of allylic oxidation sites excluding steroid dienone is 2. The van der Waals surface area contributed by atoms with Crippen LogP contribution in [0, 0.1) is 5.92 Å². The molecule has 220 valence electrons. The zero-order valence-corrected chi connectivity index (χ0v) is 24.6. The van der Waals surface area contributed by atoms with Gasteiger partial charge in [0.15, 0.2) is 0 Å². The zero-order valence-electron chi connectivity index (χ0n) is 24.6. The number of carbonyl (C=O) groups is 1. The molecule has 39 heavy (non-hydrogen) atoms. The number of unbranched alkanes of at least 4 members (excludes halogenated alkanes) is 2. The summed E-state index contributed by atoms with van der Waals surface area (Å²) in [5, 5.41) is 0. The highest BCUT2D eigenvalue weighted by Gasteiger charge is 2.45. The van der Waals surface area contributed by atoms with Gasteiger partial charge in [-0.05, 0) is 64.2 Å². The monoisotopic (exact) mass is 548 g/mol. The molecule has 1 aromatic carbocycles. The van der Waals surface area contributed by atoms with Gasteiger partial charge in [-0.25, -0.2) is 4.79 Å². The Morgan fingerprint density at radius 2 is 1.64 bits per heavy atom. The van der Waals surface area contributed by atoms with Gasteiger partial charge in [0.2, 0.25) is 0 Å². The zero-order chi connectivity index (χ0) is 28.1. The summed E-state index contributed by atoms with van der Waals surface area (Å²) >= 11 is 0. The molecule has 0 saturated carbocycles. The van der Waals surface area contributed by atoms with Crippen molar-refractivity contribution in [2.45, 2.75) is 77.7 Å². The van der Waals surface area contributed by atoms with E-state index >= 15 is 0 Å². The summed E-state index contributed by atoms with van der Waals surface area (Å²) < 4.78 is 38.9. The van der Waals surface area contributed by atoms with Gasteiger partial charge >= 0.3 is 6.16 Å². The Hall–Kier alpha value is -2.13. The predicted molar refractivity (Wildman–Crippen MR) is 150 cm³/mol. The topological polar surface area (TPSA) is 81.7 Å². The van der Waals surface area contributed by atoms with E-state index in [1.807, 2.05) is 6.07 Å². The molecule has 0 aromatic heterocycles. The fourth-order valence-electron chi connectivity index (χ4n) is 5.36. The Morgan fingerprint density at radius 1 is 0.974 bits per heavy atom. The van der Waals surface area contributed by atoms with Crippen LogP contribution >= 0.6 is 0 Å². The maximum absolute atomic E-state index is 12.7. The summed E-state index contributed by atoms with van der Waals surface area (Å²) in [6.07, 6.45) is 8.00. The second kappa shape index (κ2) is 16.2. The molecular weight excluding hydrogens is 500 g/mol. The van der Waals surface area contributed by atoms with Crippen LogP contribution in [0.2, 0.25) is 0 Å². The molecule has 1 heterocycles. The van der Waals surface area contributed by atoms with Gasteiger partial charge in [-0.3, -0.25) is 0 Å². The third kappa shape index (κ3) is 9.78. The average molecular weight is 549 g/mol. The molecule has 3 rings (SSSR count). The largest absolute Gasteiger partial charge is 0.513 e. The number of benzene rings is 1. The van der Waals surface area contributed by atoms with Gasteiger partial charge in [-0.2, -0.15) is 0 Å². The van der Waals surface area contributed by atoms with E-state index < -0.39 is 6.16 Å². The number of carbonyl (C=O) groups excluding carboxylic acids is 1. The van der Waals surface area contributed by atoms with Gasteiger partial charge in [0, 0.05) is 24.5 Å². The van der Waals surface area contributed by atoms with Crippen molar-refractivity contribution in [2.75, 3.05) is 60.0 Å². The summed E-state index contributed by atoms with van der Waals surface area (Å²) in [6.45, 7) is 12.1. The van der Waals surface area contributed by atoms with Crippen molar-refractivity contribution in [3.05, 3.63) is 34.9 Å². The van der Waals surface area contributed by atoms with Crippen LogP contribution in [-0.2, 0) is 30.1 Å². The molecule has 0 bridgehead atoms. The second-order valence-electron chi connectivity index (χ2n) is 10.9. The van der Waals surface area contributed by atoms with Crippen molar-refractivity contribution < 1.29 is 38.0 Å². The molecule has 0 fully saturated rings. The number of ether oxygens (including phenoxy) is 7. The van der Waals surface area contributed by atoms with Crippen molar-refractivity contribution >= 4 is 6.16 Å². The molecule has 0 N–H and O–H groups in total. The van der Waals surface area contributed by atoms with Gasteiger partial charge in [-0.1, -0.05) is 31.4 Å². The standard InChI is InChI=1S/C31H48O8/c1-6-7-8-9-24-21-27(29-25-20-23(2)10-11-26(25)31(3,4)39-28(29)22-24)38-30(32)37-19-18-36-17-16-35-15-14-34-13-12-33-5/h20-22,25-26H,6-19H2,1-5H3/t25-,26-/m1/s1. The Morgan fingerprint density at radius 3 is 2.31 bits per heavy atom. The van der Waals surface area contributed by atoms with Crippen LogP contribution in [0.15, 0.2) is 23.8 Å². The first-order valence-electron chi connectivity index (χ1n) is 14.5. The van der Waals surface area contributed by atoms with E-state index in [2.05, 4.69) is 39.8 Å². The van der Waals surface area contributed by atoms with Crippen molar-refractivity contribution in [2.24, 2.45) is 5.92 Å². The van der Waals surface area contributed by atoms with E-state index in [1.54, 1.807) is 7.11 Å². The second-order valence-corrected chi connectivity index (χ2v) is 10.9. The van der Waals surface area contributed by atoms with Crippen molar-refractivity contribution in [3.63, 3.8) is 0 Å². The molecule has 8 nitrogen and oxygen atoms in total. The van der Waals surface area contributed by atoms with Gasteiger partial charge < -0.3 is 33.2 Å². The molecule has 0 spiro atoms. The maximum atomic E-state index is 12.7. The summed E-state index contributed by atoms with van der Waals surface area (Å²) in [7, 11) is 1.64. The fourth-order valence-corrected chi connectivity index (χ4v) is 5.36. The minimum atomic E-state index is -0.728. The third-order valence-corrected chi connectivity index (χ3v) is 7.40. The highest BCUT2D eigenvalue weighted by atomic mass is 16.7. The first-order valence-corrected chi connectivity index (χ1v) is 14.5. The van der Waals surface area contributed by atoms with Crippen molar-refractivity contribution in [1.29, 1.82) is 0 Å². The van der Waals surface area contributed by atoms with Gasteiger partial charge in [0.05, 0.1) is 46.2 Å². The Bertz CT molecular complexity index is 925. The lowest BCUT2D eigenvalue weighted by Gasteiger charge is -2.46.